The van der Waals surface area contributed by atoms with Gasteiger partial charge in [-0.25, -0.2) is 14.8 Å². The number of esters is 1. The minimum Gasteiger partial charge on any atom is -0.461 e. The number of carbonyl (C=O) groups is 1. The Labute approximate surface area is 116 Å². The molecular weight excluding hydrogens is 270 g/mol. The summed E-state index contributed by atoms with van der Waals surface area (Å²) in [6.45, 7) is 6.19. The Morgan fingerprint density at radius 2 is 2.37 bits per heavy atom. The van der Waals surface area contributed by atoms with Gasteiger partial charge < -0.3 is 14.8 Å². The molecule has 1 aliphatic heterocycles. The van der Waals surface area contributed by atoms with Crippen molar-refractivity contribution in [2.75, 3.05) is 31.7 Å². The minimum absolute atomic E-state index is 0.0202. The maximum Gasteiger partial charge on any atom is 0.359 e. The predicted molar refractivity (Wildman–Crippen MR) is 70.4 cm³/mol. The lowest BCUT2D eigenvalue weighted by molar-refractivity contribution is -0.0924. The van der Waals surface area contributed by atoms with Gasteiger partial charge in [-0.3, -0.25) is 0 Å². The number of hydrogen-bond donors (Lipinski definition) is 1. The van der Waals surface area contributed by atoms with Crippen molar-refractivity contribution in [3.8, 4) is 0 Å². The molecule has 1 fully saturated rings. The van der Waals surface area contributed by atoms with E-state index in [0.29, 0.717) is 25.4 Å². The van der Waals surface area contributed by atoms with Gasteiger partial charge in [-0.15, -0.1) is 0 Å². The number of anilines is 1. The van der Waals surface area contributed by atoms with Crippen LogP contribution < -0.4 is 5.32 Å². The number of carbonyl (C=O) groups excluding carboxylic acids is 1. The van der Waals surface area contributed by atoms with E-state index in [1.165, 1.54) is 6.20 Å². The van der Waals surface area contributed by atoms with Crippen LogP contribution in [0.4, 0.5) is 5.69 Å². The second-order valence-corrected chi connectivity index (χ2v) is 5.12. The van der Waals surface area contributed by atoms with Crippen LogP contribution in [-0.2, 0) is 9.47 Å². The van der Waals surface area contributed by atoms with E-state index in [2.05, 4.69) is 22.2 Å². The van der Waals surface area contributed by atoms with Crippen molar-refractivity contribution in [1.29, 1.82) is 0 Å². The Morgan fingerprint density at radius 3 is 2.95 bits per heavy atom. The first-order valence-corrected chi connectivity index (χ1v) is 6.43. The van der Waals surface area contributed by atoms with Crippen LogP contribution in [0.5, 0.6) is 0 Å². The quantitative estimate of drug-likeness (QED) is 0.656. The third kappa shape index (κ3) is 3.33. The third-order valence-electron chi connectivity index (χ3n) is 2.83. The summed E-state index contributed by atoms with van der Waals surface area (Å²) in [7, 11) is 0. The van der Waals surface area contributed by atoms with Gasteiger partial charge in [0.05, 0.1) is 31.7 Å². The molecule has 0 bridgehead atoms. The maximum atomic E-state index is 11.8. The highest BCUT2D eigenvalue weighted by Gasteiger charge is 2.33. The van der Waals surface area contributed by atoms with Crippen LogP contribution >= 0.6 is 11.6 Å². The smallest absolute Gasteiger partial charge is 0.359 e. The first-order valence-electron chi connectivity index (χ1n) is 6.05. The highest BCUT2D eigenvalue weighted by atomic mass is 35.5. The first-order chi connectivity index (χ1) is 9.04. The Morgan fingerprint density at radius 1 is 1.63 bits per heavy atom. The molecule has 2 rings (SSSR count). The SMILES string of the molecule is CCOC(=O)c1nc(Cl)ncc1NCC1(C)COC1. The summed E-state index contributed by atoms with van der Waals surface area (Å²) in [5, 5.41) is 3.18. The number of halogens is 1. The highest BCUT2D eigenvalue weighted by Crippen LogP contribution is 2.27. The molecule has 1 aromatic heterocycles. The van der Waals surface area contributed by atoms with Crippen molar-refractivity contribution >= 4 is 23.3 Å². The summed E-state index contributed by atoms with van der Waals surface area (Å²) >= 11 is 5.71. The van der Waals surface area contributed by atoms with E-state index in [1.54, 1.807) is 6.92 Å². The van der Waals surface area contributed by atoms with Crippen molar-refractivity contribution < 1.29 is 14.3 Å². The van der Waals surface area contributed by atoms with E-state index in [1.807, 2.05) is 0 Å². The molecule has 1 saturated heterocycles. The number of nitrogens with one attached hydrogen (secondary N) is 1. The van der Waals surface area contributed by atoms with E-state index in [4.69, 9.17) is 21.1 Å². The molecule has 1 N–H and O–H groups in total. The zero-order valence-electron chi connectivity index (χ0n) is 10.9. The summed E-state index contributed by atoms with van der Waals surface area (Å²) < 4.78 is 10.1. The second-order valence-electron chi connectivity index (χ2n) is 4.78. The molecule has 19 heavy (non-hydrogen) atoms. The van der Waals surface area contributed by atoms with Crippen LogP contribution in [0.1, 0.15) is 24.3 Å². The normalized spacial score (nSPS) is 16.6. The molecule has 0 amide bonds. The summed E-state index contributed by atoms with van der Waals surface area (Å²) in [4.78, 5) is 19.6. The average molecular weight is 286 g/mol. The molecule has 0 unspecified atom stereocenters. The summed E-state index contributed by atoms with van der Waals surface area (Å²) in [5.74, 6) is -0.510. The lowest BCUT2D eigenvalue weighted by atomic mass is 9.89. The average Bonchev–Trinajstić information content (AvgIpc) is 2.35. The van der Waals surface area contributed by atoms with Crippen LogP contribution in [0, 0.1) is 5.41 Å². The predicted octanol–water partition coefficient (Wildman–Crippen LogP) is 1.76. The summed E-state index contributed by atoms with van der Waals surface area (Å²) in [6.07, 6.45) is 1.49. The van der Waals surface area contributed by atoms with Crippen LogP contribution in [0.3, 0.4) is 0 Å². The fourth-order valence-corrected chi connectivity index (χ4v) is 1.84. The second kappa shape index (κ2) is 5.71. The van der Waals surface area contributed by atoms with Gasteiger partial charge in [-0.2, -0.15) is 0 Å². The molecule has 0 aliphatic carbocycles. The topological polar surface area (TPSA) is 73.3 Å². The lowest BCUT2D eigenvalue weighted by Crippen LogP contribution is -2.45. The van der Waals surface area contributed by atoms with Crippen molar-refractivity contribution in [3.05, 3.63) is 17.2 Å². The number of hydrogen-bond acceptors (Lipinski definition) is 6. The molecule has 6 nitrogen and oxygen atoms in total. The van der Waals surface area contributed by atoms with Crippen LogP contribution in [0.25, 0.3) is 0 Å². The standard InChI is InChI=1S/C12H16ClN3O3/c1-3-19-10(17)9-8(4-14-11(13)16-9)15-5-12(2)6-18-7-12/h4,15H,3,5-7H2,1-2H3. The van der Waals surface area contributed by atoms with Gasteiger partial charge in [0, 0.05) is 12.0 Å². The monoisotopic (exact) mass is 285 g/mol. The number of ether oxygens (including phenoxy) is 2. The number of nitrogens with zero attached hydrogens (tertiary/aromatic N) is 2. The van der Waals surface area contributed by atoms with Crippen molar-refractivity contribution in [2.24, 2.45) is 5.41 Å². The fourth-order valence-electron chi connectivity index (χ4n) is 1.71. The molecule has 2 heterocycles. The molecule has 0 radical (unpaired) electrons. The lowest BCUT2D eigenvalue weighted by Gasteiger charge is -2.38. The van der Waals surface area contributed by atoms with Crippen LogP contribution in [0.2, 0.25) is 5.28 Å². The van der Waals surface area contributed by atoms with Gasteiger partial charge in [0.1, 0.15) is 0 Å². The minimum atomic E-state index is -0.510. The van der Waals surface area contributed by atoms with Gasteiger partial charge in [-0.1, -0.05) is 6.92 Å². The largest absolute Gasteiger partial charge is 0.461 e. The van der Waals surface area contributed by atoms with Gasteiger partial charge in [0.2, 0.25) is 5.28 Å². The van der Waals surface area contributed by atoms with Gasteiger partial charge in [0.25, 0.3) is 0 Å². The molecule has 0 atom stereocenters. The molecule has 7 heteroatoms. The molecule has 104 valence electrons. The maximum absolute atomic E-state index is 11.8. The third-order valence-corrected chi connectivity index (χ3v) is 3.02. The fraction of sp³-hybridized carbons (Fsp3) is 0.583. The zero-order chi connectivity index (χ0) is 13.9. The number of aromatic nitrogens is 2. The Hall–Kier alpha value is -1.40. The van der Waals surface area contributed by atoms with Gasteiger partial charge in [-0.05, 0) is 18.5 Å². The molecule has 1 aromatic rings. The Balaban J connectivity index is 2.12. The van der Waals surface area contributed by atoms with Gasteiger partial charge >= 0.3 is 5.97 Å². The van der Waals surface area contributed by atoms with Crippen molar-refractivity contribution in [1.82, 2.24) is 9.97 Å². The highest BCUT2D eigenvalue weighted by molar-refractivity contribution is 6.28. The Kier molecular flexibility index (Phi) is 4.21. The van der Waals surface area contributed by atoms with E-state index >= 15 is 0 Å². The number of rotatable bonds is 5. The molecule has 0 aromatic carbocycles. The summed E-state index contributed by atoms with van der Waals surface area (Å²) in [6, 6.07) is 0. The van der Waals surface area contributed by atoms with Crippen molar-refractivity contribution in [2.45, 2.75) is 13.8 Å². The van der Waals surface area contributed by atoms with E-state index in [9.17, 15) is 4.79 Å². The first kappa shape index (κ1) is 14.0. The van der Waals surface area contributed by atoms with E-state index < -0.39 is 5.97 Å². The molecule has 0 saturated carbocycles. The van der Waals surface area contributed by atoms with Crippen molar-refractivity contribution in [3.63, 3.8) is 0 Å². The zero-order valence-corrected chi connectivity index (χ0v) is 11.7. The Bertz CT molecular complexity index is 477. The van der Waals surface area contributed by atoms with E-state index in [0.717, 1.165) is 0 Å². The summed E-state index contributed by atoms with van der Waals surface area (Å²) in [5.41, 5.74) is 0.757. The van der Waals surface area contributed by atoms with Crippen LogP contribution in [0.15, 0.2) is 6.20 Å². The van der Waals surface area contributed by atoms with Gasteiger partial charge in [0.15, 0.2) is 5.69 Å². The molecule has 0 spiro atoms. The van der Waals surface area contributed by atoms with Crippen LogP contribution in [-0.4, -0.2) is 42.3 Å². The molecular formula is C12H16ClN3O3. The molecule has 1 aliphatic rings. The van der Waals surface area contributed by atoms with E-state index in [-0.39, 0.29) is 23.0 Å².